The highest BCUT2D eigenvalue weighted by Crippen LogP contribution is 2.18. The lowest BCUT2D eigenvalue weighted by atomic mass is 10.2. The maximum absolute atomic E-state index is 12.4. The van der Waals surface area contributed by atoms with Gasteiger partial charge in [-0.05, 0) is 25.6 Å². The summed E-state index contributed by atoms with van der Waals surface area (Å²) in [4.78, 5) is 2.39. The lowest BCUT2D eigenvalue weighted by molar-refractivity contribution is 0.0969. The molecule has 1 aliphatic rings. The molecular formula is C13H20N2O3S. The van der Waals surface area contributed by atoms with E-state index in [1.54, 1.807) is 32.2 Å². The van der Waals surface area contributed by atoms with E-state index in [0.29, 0.717) is 11.4 Å². The maximum Gasteiger partial charge on any atom is 0.241 e. The Bertz CT molecular complexity index is 545. The van der Waals surface area contributed by atoms with E-state index in [-0.39, 0.29) is 12.1 Å². The van der Waals surface area contributed by atoms with E-state index in [9.17, 15) is 8.42 Å². The van der Waals surface area contributed by atoms with Crippen LogP contribution in [-0.4, -0.2) is 52.7 Å². The van der Waals surface area contributed by atoms with Crippen molar-refractivity contribution in [2.75, 3.05) is 27.2 Å². The summed E-state index contributed by atoms with van der Waals surface area (Å²) in [5.41, 5.74) is 0.746. The predicted molar refractivity (Wildman–Crippen MR) is 73.6 cm³/mol. The summed E-state index contributed by atoms with van der Waals surface area (Å²) >= 11 is 0. The van der Waals surface area contributed by atoms with Gasteiger partial charge in [0.15, 0.2) is 0 Å². The molecule has 0 bridgehead atoms. The number of methoxy groups -OCH3 is 1. The van der Waals surface area contributed by atoms with Crippen LogP contribution in [0.5, 0.6) is 0 Å². The molecule has 0 unspecified atom stereocenters. The molecule has 2 rings (SSSR count). The first-order chi connectivity index (χ1) is 8.94. The number of nitrogens with zero attached hydrogens (tertiary/aromatic N) is 1. The summed E-state index contributed by atoms with van der Waals surface area (Å²) in [6.45, 7) is 3.18. The lowest BCUT2D eigenvalue weighted by Crippen LogP contribution is -2.43. The predicted octanol–water partition coefficient (Wildman–Crippen LogP) is 0.602. The molecule has 0 radical (unpaired) electrons. The fraction of sp³-hybridized carbons (Fsp3) is 0.538. The van der Waals surface area contributed by atoms with Crippen molar-refractivity contribution in [3.05, 3.63) is 29.8 Å². The number of nitrogens with one attached hydrogen (secondary N) is 1. The summed E-state index contributed by atoms with van der Waals surface area (Å²) in [6, 6.07) is 6.77. The average molecular weight is 284 g/mol. The largest absolute Gasteiger partial charge is 0.378 e. The Balaban J connectivity index is 2.20. The van der Waals surface area contributed by atoms with Gasteiger partial charge in [0.05, 0.1) is 17.0 Å². The third kappa shape index (κ3) is 3.14. The van der Waals surface area contributed by atoms with Gasteiger partial charge in [0, 0.05) is 20.2 Å². The first-order valence-electron chi connectivity index (χ1n) is 6.23. The van der Waals surface area contributed by atoms with Crippen LogP contribution in [0.3, 0.4) is 0 Å². The van der Waals surface area contributed by atoms with Gasteiger partial charge in [-0.25, -0.2) is 13.1 Å². The van der Waals surface area contributed by atoms with Crippen LogP contribution >= 0.6 is 0 Å². The SMILES string of the molecule is CO[C@H]1CN(C)C[C@@H]1NS(=O)(=O)c1ccccc1C. The first kappa shape index (κ1) is 14.5. The van der Waals surface area contributed by atoms with Crippen molar-refractivity contribution in [3.63, 3.8) is 0 Å². The van der Waals surface area contributed by atoms with E-state index in [1.807, 2.05) is 13.1 Å². The molecule has 106 valence electrons. The van der Waals surface area contributed by atoms with Crippen molar-refractivity contribution in [2.24, 2.45) is 0 Å². The highest BCUT2D eigenvalue weighted by Gasteiger charge is 2.34. The van der Waals surface area contributed by atoms with Gasteiger partial charge >= 0.3 is 0 Å². The van der Waals surface area contributed by atoms with Crippen molar-refractivity contribution in [2.45, 2.75) is 24.0 Å². The van der Waals surface area contributed by atoms with E-state index in [0.717, 1.165) is 12.1 Å². The molecule has 1 N–H and O–H groups in total. The third-order valence-corrected chi connectivity index (χ3v) is 5.09. The van der Waals surface area contributed by atoms with Crippen LogP contribution in [0.1, 0.15) is 5.56 Å². The second-order valence-electron chi connectivity index (χ2n) is 4.99. The first-order valence-corrected chi connectivity index (χ1v) is 7.71. The molecule has 0 saturated carbocycles. The molecule has 0 aliphatic carbocycles. The molecule has 1 heterocycles. The number of likely N-dealkylation sites (tertiary alicyclic amines) is 1. The van der Waals surface area contributed by atoms with Crippen molar-refractivity contribution >= 4 is 10.0 Å². The maximum atomic E-state index is 12.4. The van der Waals surface area contributed by atoms with E-state index in [2.05, 4.69) is 9.62 Å². The van der Waals surface area contributed by atoms with Gasteiger partial charge in [-0.2, -0.15) is 0 Å². The van der Waals surface area contributed by atoms with Crippen LogP contribution < -0.4 is 4.72 Å². The second-order valence-corrected chi connectivity index (χ2v) is 6.67. The van der Waals surface area contributed by atoms with Crippen LogP contribution in [0.25, 0.3) is 0 Å². The number of benzene rings is 1. The van der Waals surface area contributed by atoms with Gasteiger partial charge < -0.3 is 9.64 Å². The molecule has 0 amide bonds. The Morgan fingerprint density at radius 3 is 2.63 bits per heavy atom. The number of ether oxygens (including phenoxy) is 1. The Morgan fingerprint density at radius 2 is 2.00 bits per heavy atom. The highest BCUT2D eigenvalue weighted by atomic mass is 32.2. The topological polar surface area (TPSA) is 58.6 Å². The molecule has 1 aromatic rings. The number of hydrogen-bond acceptors (Lipinski definition) is 4. The number of rotatable bonds is 4. The summed E-state index contributed by atoms with van der Waals surface area (Å²) in [5.74, 6) is 0. The fourth-order valence-electron chi connectivity index (χ4n) is 2.43. The summed E-state index contributed by atoms with van der Waals surface area (Å²) in [7, 11) is 0.0650. The van der Waals surface area contributed by atoms with E-state index >= 15 is 0 Å². The standard InChI is InChI=1S/C13H20N2O3S/c1-10-6-4-5-7-13(10)19(16,17)14-11-8-15(2)9-12(11)18-3/h4-7,11-12,14H,8-9H2,1-3H3/t11-,12-/m0/s1. The van der Waals surface area contributed by atoms with Gasteiger partial charge in [-0.3, -0.25) is 0 Å². The quantitative estimate of drug-likeness (QED) is 0.880. The van der Waals surface area contributed by atoms with Gasteiger partial charge in [0.1, 0.15) is 0 Å². The number of likely N-dealkylation sites (N-methyl/N-ethyl adjacent to an activating group) is 1. The third-order valence-electron chi connectivity index (χ3n) is 3.44. The normalized spacial score (nSPS) is 24.8. The average Bonchev–Trinajstić information content (AvgIpc) is 2.69. The molecule has 2 atom stereocenters. The Morgan fingerprint density at radius 1 is 1.32 bits per heavy atom. The molecule has 0 spiro atoms. The Labute approximate surface area is 114 Å². The van der Waals surface area contributed by atoms with Gasteiger partial charge in [0.25, 0.3) is 0 Å². The van der Waals surface area contributed by atoms with Crippen LogP contribution in [0.2, 0.25) is 0 Å². The minimum absolute atomic E-state index is 0.108. The minimum Gasteiger partial charge on any atom is -0.378 e. The molecular weight excluding hydrogens is 264 g/mol. The molecule has 0 aromatic heterocycles. The zero-order chi connectivity index (χ0) is 14.0. The number of hydrogen-bond donors (Lipinski definition) is 1. The Kier molecular flexibility index (Phi) is 4.25. The van der Waals surface area contributed by atoms with E-state index < -0.39 is 10.0 Å². The van der Waals surface area contributed by atoms with Crippen molar-refractivity contribution in [1.29, 1.82) is 0 Å². The molecule has 1 aliphatic heterocycles. The molecule has 1 saturated heterocycles. The van der Waals surface area contributed by atoms with Crippen molar-refractivity contribution in [1.82, 2.24) is 9.62 Å². The van der Waals surface area contributed by atoms with E-state index in [4.69, 9.17) is 4.74 Å². The van der Waals surface area contributed by atoms with Crippen molar-refractivity contribution in [3.8, 4) is 0 Å². The number of sulfonamides is 1. The lowest BCUT2D eigenvalue weighted by Gasteiger charge is -2.19. The Hall–Kier alpha value is -0.950. The van der Waals surface area contributed by atoms with Crippen LogP contribution in [0, 0.1) is 6.92 Å². The molecule has 6 heteroatoms. The van der Waals surface area contributed by atoms with Crippen LogP contribution in [0.15, 0.2) is 29.2 Å². The molecule has 19 heavy (non-hydrogen) atoms. The van der Waals surface area contributed by atoms with Crippen molar-refractivity contribution < 1.29 is 13.2 Å². The molecule has 5 nitrogen and oxygen atoms in total. The van der Waals surface area contributed by atoms with Crippen LogP contribution in [-0.2, 0) is 14.8 Å². The molecule has 1 fully saturated rings. The minimum atomic E-state index is -3.50. The smallest absolute Gasteiger partial charge is 0.241 e. The molecule has 1 aromatic carbocycles. The van der Waals surface area contributed by atoms with E-state index in [1.165, 1.54) is 0 Å². The zero-order valence-corrected chi connectivity index (χ0v) is 12.3. The fourth-order valence-corrected chi connectivity index (χ4v) is 3.94. The number of aryl methyl sites for hydroxylation is 1. The van der Waals surface area contributed by atoms with Gasteiger partial charge in [-0.15, -0.1) is 0 Å². The monoisotopic (exact) mass is 284 g/mol. The zero-order valence-electron chi connectivity index (χ0n) is 11.5. The summed E-state index contributed by atoms with van der Waals surface area (Å²) in [5, 5.41) is 0. The highest BCUT2D eigenvalue weighted by molar-refractivity contribution is 7.89. The van der Waals surface area contributed by atoms with Gasteiger partial charge in [-0.1, -0.05) is 18.2 Å². The summed E-state index contributed by atoms with van der Waals surface area (Å²) in [6.07, 6.45) is -0.108. The summed E-state index contributed by atoms with van der Waals surface area (Å²) < 4.78 is 32.9. The second kappa shape index (κ2) is 5.58. The van der Waals surface area contributed by atoms with Crippen LogP contribution in [0.4, 0.5) is 0 Å². The van der Waals surface area contributed by atoms with Gasteiger partial charge in [0.2, 0.25) is 10.0 Å².